The zero-order chi connectivity index (χ0) is 18.6. The highest BCUT2D eigenvalue weighted by Crippen LogP contribution is 2.22. The molecule has 2 heterocycles. The molecule has 1 saturated heterocycles. The molecule has 0 aliphatic carbocycles. The fraction of sp³-hybridized carbons (Fsp3) is 0.333. The highest BCUT2D eigenvalue weighted by Gasteiger charge is 2.19. The van der Waals surface area contributed by atoms with Crippen molar-refractivity contribution < 1.29 is 9.15 Å². The summed E-state index contributed by atoms with van der Waals surface area (Å²) in [6.45, 7) is 6.64. The first-order valence-electron chi connectivity index (χ1n) is 9.22. The molecule has 140 valence electrons. The molecule has 3 aromatic rings. The molecule has 0 unspecified atom stereocenters. The lowest BCUT2D eigenvalue weighted by atomic mass is 10.1. The molecular formula is C21H24N4O2. The molecule has 0 bridgehead atoms. The summed E-state index contributed by atoms with van der Waals surface area (Å²) in [7, 11) is 1.69. The Balaban J connectivity index is 1.33. The van der Waals surface area contributed by atoms with Gasteiger partial charge >= 0.3 is 0 Å². The summed E-state index contributed by atoms with van der Waals surface area (Å²) in [5.41, 5.74) is 3.41. The number of piperazine rings is 1. The van der Waals surface area contributed by atoms with Gasteiger partial charge in [0.15, 0.2) is 0 Å². The van der Waals surface area contributed by atoms with Gasteiger partial charge in [-0.25, -0.2) is 0 Å². The topological polar surface area (TPSA) is 54.6 Å². The van der Waals surface area contributed by atoms with Crippen molar-refractivity contribution in [2.24, 2.45) is 0 Å². The maximum Gasteiger partial charge on any atom is 0.247 e. The third kappa shape index (κ3) is 4.11. The maximum atomic E-state index is 5.86. The molecule has 0 atom stereocenters. The Kier molecular flexibility index (Phi) is 5.07. The molecule has 0 radical (unpaired) electrons. The Bertz CT molecular complexity index is 866. The van der Waals surface area contributed by atoms with Gasteiger partial charge in [-0.2, -0.15) is 0 Å². The lowest BCUT2D eigenvalue weighted by Crippen LogP contribution is -2.46. The van der Waals surface area contributed by atoms with Crippen molar-refractivity contribution >= 4 is 5.69 Å². The number of anilines is 1. The van der Waals surface area contributed by atoms with Gasteiger partial charge in [-0.05, 0) is 43.3 Å². The van der Waals surface area contributed by atoms with Crippen molar-refractivity contribution in [3.63, 3.8) is 0 Å². The molecule has 4 rings (SSSR count). The Morgan fingerprint density at radius 1 is 0.926 bits per heavy atom. The zero-order valence-corrected chi connectivity index (χ0v) is 15.8. The van der Waals surface area contributed by atoms with E-state index in [2.05, 4.69) is 51.2 Å². The third-order valence-corrected chi connectivity index (χ3v) is 4.93. The highest BCUT2D eigenvalue weighted by molar-refractivity contribution is 5.53. The van der Waals surface area contributed by atoms with E-state index in [0.29, 0.717) is 18.3 Å². The molecule has 0 spiro atoms. The van der Waals surface area contributed by atoms with Crippen molar-refractivity contribution in [2.45, 2.75) is 13.5 Å². The number of aryl methyl sites for hydroxylation is 1. The summed E-state index contributed by atoms with van der Waals surface area (Å²) in [5.74, 6) is 2.14. The minimum absolute atomic E-state index is 0.585. The quantitative estimate of drug-likeness (QED) is 0.692. The predicted octanol–water partition coefficient (Wildman–Crippen LogP) is 3.38. The van der Waals surface area contributed by atoms with Gasteiger partial charge in [0.2, 0.25) is 11.8 Å². The molecular weight excluding hydrogens is 340 g/mol. The fourth-order valence-corrected chi connectivity index (χ4v) is 3.28. The van der Waals surface area contributed by atoms with Crippen LogP contribution in [-0.2, 0) is 6.54 Å². The first-order valence-corrected chi connectivity index (χ1v) is 9.22. The fourth-order valence-electron chi connectivity index (χ4n) is 3.28. The lowest BCUT2D eigenvalue weighted by molar-refractivity contribution is 0.227. The van der Waals surface area contributed by atoms with Gasteiger partial charge in [0.1, 0.15) is 5.75 Å². The average Bonchev–Trinajstić information content (AvgIpc) is 3.18. The number of ether oxygens (including phenoxy) is 1. The second-order valence-electron chi connectivity index (χ2n) is 6.83. The Hall–Kier alpha value is -2.86. The second kappa shape index (κ2) is 7.80. The number of benzene rings is 2. The molecule has 0 amide bonds. The summed E-state index contributed by atoms with van der Waals surface area (Å²) < 4.78 is 11.1. The van der Waals surface area contributed by atoms with E-state index in [4.69, 9.17) is 9.15 Å². The first-order chi connectivity index (χ1) is 13.2. The number of hydrogen-bond donors (Lipinski definition) is 0. The summed E-state index contributed by atoms with van der Waals surface area (Å²) in [4.78, 5) is 4.74. The van der Waals surface area contributed by atoms with E-state index >= 15 is 0 Å². The van der Waals surface area contributed by atoms with Crippen molar-refractivity contribution in [3.8, 4) is 17.2 Å². The van der Waals surface area contributed by atoms with Gasteiger partial charge in [0.05, 0.1) is 13.7 Å². The highest BCUT2D eigenvalue weighted by atomic mass is 16.5. The maximum absolute atomic E-state index is 5.86. The normalized spacial score (nSPS) is 15.1. The first kappa shape index (κ1) is 17.5. The van der Waals surface area contributed by atoms with Crippen molar-refractivity contribution in [2.75, 3.05) is 38.2 Å². The second-order valence-corrected chi connectivity index (χ2v) is 6.83. The summed E-state index contributed by atoms with van der Waals surface area (Å²) in [5, 5.41) is 8.41. The lowest BCUT2D eigenvalue weighted by Gasteiger charge is -2.35. The van der Waals surface area contributed by atoms with Gasteiger partial charge in [-0.1, -0.05) is 17.7 Å². The van der Waals surface area contributed by atoms with Gasteiger partial charge in [0, 0.05) is 37.4 Å². The molecule has 1 fully saturated rings. The largest absolute Gasteiger partial charge is 0.497 e. The minimum Gasteiger partial charge on any atom is -0.497 e. The van der Waals surface area contributed by atoms with E-state index in [-0.39, 0.29) is 0 Å². The molecule has 6 nitrogen and oxygen atoms in total. The SMILES string of the molecule is COc1ccc(N2CCN(Cc3nnc(-c4ccc(C)cc4)o3)CC2)cc1. The van der Waals surface area contributed by atoms with Crippen molar-refractivity contribution in [3.05, 3.63) is 60.0 Å². The molecule has 1 aliphatic heterocycles. The van der Waals surface area contributed by atoms with Crippen LogP contribution in [-0.4, -0.2) is 48.4 Å². The van der Waals surface area contributed by atoms with Crippen molar-refractivity contribution in [1.29, 1.82) is 0 Å². The van der Waals surface area contributed by atoms with Gasteiger partial charge in [-0.3, -0.25) is 4.90 Å². The van der Waals surface area contributed by atoms with Crippen LogP contribution < -0.4 is 9.64 Å². The van der Waals surface area contributed by atoms with Crippen LogP contribution >= 0.6 is 0 Å². The van der Waals surface area contributed by atoms with Crippen LogP contribution in [0.3, 0.4) is 0 Å². The van der Waals surface area contributed by atoms with E-state index in [1.54, 1.807) is 7.11 Å². The van der Waals surface area contributed by atoms with Gasteiger partial charge in [0.25, 0.3) is 0 Å². The van der Waals surface area contributed by atoms with Crippen LogP contribution in [0.5, 0.6) is 5.75 Å². The van der Waals surface area contributed by atoms with E-state index in [0.717, 1.165) is 37.5 Å². The molecule has 0 saturated carbocycles. The van der Waals surface area contributed by atoms with Crippen LogP contribution in [0.15, 0.2) is 52.9 Å². The summed E-state index contributed by atoms with van der Waals surface area (Å²) in [6, 6.07) is 16.4. The number of rotatable bonds is 5. The van der Waals surface area contributed by atoms with E-state index in [1.165, 1.54) is 11.3 Å². The Morgan fingerprint density at radius 2 is 1.63 bits per heavy atom. The van der Waals surface area contributed by atoms with Gasteiger partial charge < -0.3 is 14.1 Å². The summed E-state index contributed by atoms with van der Waals surface area (Å²) in [6.07, 6.45) is 0. The third-order valence-electron chi connectivity index (χ3n) is 4.93. The minimum atomic E-state index is 0.585. The standard InChI is InChI=1S/C21H24N4O2/c1-16-3-5-17(6-4-16)21-23-22-20(27-21)15-24-11-13-25(14-12-24)18-7-9-19(26-2)10-8-18/h3-10H,11-15H2,1-2H3. The number of nitrogens with zero attached hydrogens (tertiary/aromatic N) is 4. The van der Waals surface area contributed by atoms with Crippen LogP contribution in [0.2, 0.25) is 0 Å². The molecule has 2 aromatic carbocycles. The van der Waals surface area contributed by atoms with Crippen LogP contribution in [0.4, 0.5) is 5.69 Å². The molecule has 6 heteroatoms. The van der Waals surface area contributed by atoms with Crippen LogP contribution in [0.1, 0.15) is 11.5 Å². The summed E-state index contributed by atoms with van der Waals surface area (Å²) >= 11 is 0. The average molecular weight is 364 g/mol. The Morgan fingerprint density at radius 3 is 2.30 bits per heavy atom. The predicted molar refractivity (Wildman–Crippen MR) is 105 cm³/mol. The molecule has 1 aliphatic rings. The zero-order valence-electron chi connectivity index (χ0n) is 15.8. The van der Waals surface area contributed by atoms with Crippen LogP contribution in [0, 0.1) is 6.92 Å². The van der Waals surface area contributed by atoms with Crippen LogP contribution in [0.25, 0.3) is 11.5 Å². The Labute approximate surface area is 159 Å². The number of methoxy groups -OCH3 is 1. The molecule has 0 N–H and O–H groups in total. The molecule has 27 heavy (non-hydrogen) atoms. The van der Waals surface area contributed by atoms with E-state index < -0.39 is 0 Å². The number of aromatic nitrogens is 2. The van der Waals surface area contributed by atoms with E-state index in [9.17, 15) is 0 Å². The molecule has 1 aromatic heterocycles. The van der Waals surface area contributed by atoms with Gasteiger partial charge in [-0.15, -0.1) is 10.2 Å². The smallest absolute Gasteiger partial charge is 0.247 e. The van der Waals surface area contributed by atoms with Crippen molar-refractivity contribution in [1.82, 2.24) is 15.1 Å². The van der Waals surface area contributed by atoms with E-state index in [1.807, 2.05) is 24.3 Å². The monoisotopic (exact) mass is 364 g/mol. The number of hydrogen-bond acceptors (Lipinski definition) is 6.